The van der Waals surface area contributed by atoms with Gasteiger partial charge in [0.25, 0.3) is 0 Å². The van der Waals surface area contributed by atoms with Crippen LogP contribution in [0.1, 0.15) is 27.8 Å². The Labute approximate surface area is 304 Å². The molecule has 6 aromatic carbocycles. The fourth-order valence-electron chi connectivity index (χ4n) is 8.33. The van der Waals surface area contributed by atoms with Crippen molar-refractivity contribution < 1.29 is 19.1 Å². The van der Waals surface area contributed by atoms with Crippen molar-refractivity contribution in [1.82, 2.24) is 4.90 Å². The molecule has 1 fully saturated rings. The number of imide groups is 1. The van der Waals surface area contributed by atoms with Crippen molar-refractivity contribution in [3.05, 3.63) is 173 Å². The summed E-state index contributed by atoms with van der Waals surface area (Å²) in [7, 11) is 0. The van der Waals surface area contributed by atoms with Crippen LogP contribution < -0.4 is 10.1 Å². The summed E-state index contributed by atoms with van der Waals surface area (Å²) in [5, 5.41) is 5.14. The first-order valence-electron chi connectivity index (χ1n) is 16.8. The van der Waals surface area contributed by atoms with Crippen molar-refractivity contribution in [3.63, 3.8) is 0 Å². The molecule has 0 radical (unpaired) electrons. The highest BCUT2D eigenvalue weighted by Gasteiger charge is 2.73. The van der Waals surface area contributed by atoms with E-state index in [2.05, 4.69) is 5.32 Å². The number of nitrogens with zero attached hydrogens (tertiary/aromatic N) is 1. The number of carbonyl (C=O) groups is 3. The molecule has 4 aliphatic rings. The summed E-state index contributed by atoms with van der Waals surface area (Å²) >= 11 is 15.3. The van der Waals surface area contributed by atoms with E-state index in [-0.39, 0.29) is 6.42 Å². The molecule has 1 N–H and O–H groups in total. The van der Waals surface area contributed by atoms with Crippen molar-refractivity contribution in [2.24, 2.45) is 11.8 Å². The van der Waals surface area contributed by atoms with Crippen LogP contribution in [0.4, 0.5) is 5.69 Å². The van der Waals surface area contributed by atoms with Crippen LogP contribution in [0.15, 0.2) is 146 Å². The molecule has 0 saturated carbocycles. The number of ether oxygens (including phenoxy) is 1. The minimum atomic E-state index is -1.34. The average molecular weight is 710 g/mol. The van der Waals surface area contributed by atoms with Gasteiger partial charge in [0.05, 0.1) is 11.8 Å². The number of amides is 3. The molecular weight excluding hydrogens is 679 g/mol. The van der Waals surface area contributed by atoms with Crippen molar-refractivity contribution in [3.8, 4) is 11.5 Å². The third kappa shape index (κ3) is 4.74. The molecule has 0 unspecified atom stereocenters. The molecule has 1 saturated heterocycles. The fourth-order valence-corrected chi connectivity index (χ4v) is 9.43. The highest BCUT2D eigenvalue weighted by Crippen LogP contribution is 2.69. The molecule has 3 aliphatic carbocycles. The lowest BCUT2D eigenvalue weighted by Crippen LogP contribution is -2.57. The van der Waals surface area contributed by atoms with Crippen LogP contribution in [-0.4, -0.2) is 28.7 Å². The monoisotopic (exact) mass is 708 g/mol. The molecule has 6 aromatic rings. The molecule has 1 heterocycles. The highest BCUT2D eigenvalue weighted by atomic mass is 35.5. The number of carbonyl (C=O) groups excluding carboxylic acids is 3. The van der Waals surface area contributed by atoms with E-state index in [1.165, 1.54) is 0 Å². The van der Waals surface area contributed by atoms with Crippen LogP contribution in [0, 0.1) is 11.8 Å². The number of benzene rings is 6. The van der Waals surface area contributed by atoms with Gasteiger partial charge < -0.3 is 10.1 Å². The minimum Gasteiger partial charge on any atom is -0.457 e. The Kier molecular flexibility index (Phi) is 7.32. The lowest BCUT2D eigenvalue weighted by atomic mass is 9.54. The maximum Gasteiger partial charge on any atom is 0.248 e. The molecule has 51 heavy (non-hydrogen) atoms. The van der Waals surface area contributed by atoms with Crippen molar-refractivity contribution in [2.75, 3.05) is 5.32 Å². The molecule has 1 aliphatic heterocycles. The van der Waals surface area contributed by atoms with Crippen molar-refractivity contribution in [1.29, 1.82) is 0 Å². The second-order valence-electron chi connectivity index (χ2n) is 13.3. The molecule has 0 spiro atoms. The van der Waals surface area contributed by atoms with Gasteiger partial charge in [-0.2, -0.15) is 0 Å². The zero-order chi connectivity index (χ0) is 34.9. The molecule has 2 bridgehead atoms. The molecule has 250 valence electrons. The van der Waals surface area contributed by atoms with E-state index in [0.717, 1.165) is 21.2 Å². The molecule has 10 rings (SSSR count). The van der Waals surface area contributed by atoms with E-state index in [9.17, 15) is 14.4 Å². The van der Waals surface area contributed by atoms with Gasteiger partial charge >= 0.3 is 0 Å². The van der Waals surface area contributed by atoms with Crippen LogP contribution in [-0.2, 0) is 30.6 Å². The Balaban J connectivity index is 1.05. The number of hydrogen-bond acceptors (Lipinski definition) is 4. The minimum absolute atomic E-state index is 0.108. The van der Waals surface area contributed by atoms with E-state index < -0.39 is 45.3 Å². The summed E-state index contributed by atoms with van der Waals surface area (Å²) in [5.41, 5.74) is 4.12. The summed E-state index contributed by atoms with van der Waals surface area (Å²) in [6.07, 6.45) is 0.108. The number of alkyl halides is 2. The maximum absolute atomic E-state index is 14.8. The fraction of sp³-hybridized carbons (Fsp3) is 0.140. The molecule has 8 heteroatoms. The van der Waals surface area contributed by atoms with Crippen molar-refractivity contribution >= 4 is 57.4 Å². The molecular formula is C43H30Cl2N2O4. The Hall–Kier alpha value is -5.43. The second-order valence-corrected chi connectivity index (χ2v) is 14.5. The summed E-state index contributed by atoms with van der Waals surface area (Å²) in [6.45, 7) is 0. The smallest absolute Gasteiger partial charge is 0.248 e. The third-order valence-electron chi connectivity index (χ3n) is 10.6. The predicted molar refractivity (Wildman–Crippen MR) is 198 cm³/mol. The number of likely N-dealkylation sites (tertiary alicyclic amines) is 1. The Morgan fingerprint density at radius 2 is 1.12 bits per heavy atom. The van der Waals surface area contributed by atoms with Crippen LogP contribution >= 0.6 is 23.2 Å². The number of halogens is 2. The summed E-state index contributed by atoms with van der Waals surface area (Å²) in [6, 6.07) is 44.1. The second kappa shape index (κ2) is 11.8. The van der Waals surface area contributed by atoms with Crippen LogP contribution in [0.3, 0.4) is 0 Å². The van der Waals surface area contributed by atoms with Crippen LogP contribution in [0.2, 0.25) is 0 Å². The Morgan fingerprint density at radius 3 is 1.69 bits per heavy atom. The van der Waals surface area contributed by atoms with Gasteiger partial charge in [-0.05, 0) is 75.0 Å². The Morgan fingerprint density at radius 1 is 0.627 bits per heavy atom. The first-order valence-corrected chi connectivity index (χ1v) is 17.6. The van der Waals surface area contributed by atoms with E-state index in [1.807, 2.05) is 121 Å². The van der Waals surface area contributed by atoms with Gasteiger partial charge in [0.15, 0.2) is 0 Å². The van der Waals surface area contributed by atoms with Crippen LogP contribution in [0.5, 0.6) is 11.5 Å². The predicted octanol–water partition coefficient (Wildman–Crippen LogP) is 8.78. The third-order valence-corrected chi connectivity index (χ3v) is 11.9. The number of rotatable bonds is 7. The Bertz CT molecular complexity index is 2260. The molecule has 6 nitrogen and oxygen atoms in total. The molecule has 0 aromatic heterocycles. The lowest BCUT2D eigenvalue weighted by Gasteiger charge is -2.54. The average Bonchev–Trinajstić information content (AvgIpc) is 3.44. The topological polar surface area (TPSA) is 75.7 Å². The number of anilines is 1. The standard InChI is InChI=1S/C43H30Cl2N2O4/c44-42-32-14-6-7-15-33(32)43(45,35-17-9-8-16-34(35)42)38-37(42)40(49)47(41(38)50)36(24-26-10-2-1-3-11-26)39(48)46-29-19-22-30(23-20-29)51-31-21-18-27-12-4-5-13-28(27)25-31/h1-23,25,36-38H,24H2,(H,46,48)/t36-,37-,38+,42?,43?/m0/s1. The molecule has 3 amide bonds. The van der Waals surface area contributed by atoms with Gasteiger partial charge in [0.2, 0.25) is 17.7 Å². The SMILES string of the molecule is O=C(Nc1ccc(Oc2ccc3ccccc3c2)cc1)[C@H](Cc1ccccc1)N1C(=O)[C@@H]2[C@H](C1=O)C1(Cl)c3ccccc3C2(Cl)c2ccccc21. The zero-order valence-electron chi connectivity index (χ0n) is 27.1. The quantitative estimate of drug-likeness (QED) is 0.133. The van der Waals surface area contributed by atoms with E-state index in [1.54, 1.807) is 24.3 Å². The van der Waals surface area contributed by atoms with Gasteiger partial charge in [-0.15, -0.1) is 23.2 Å². The van der Waals surface area contributed by atoms with E-state index in [4.69, 9.17) is 27.9 Å². The van der Waals surface area contributed by atoms with E-state index in [0.29, 0.717) is 39.4 Å². The van der Waals surface area contributed by atoms with Crippen LogP contribution in [0.25, 0.3) is 10.8 Å². The number of fused-ring (bicyclic) bond motifs is 1. The largest absolute Gasteiger partial charge is 0.457 e. The van der Waals surface area contributed by atoms with E-state index >= 15 is 0 Å². The van der Waals surface area contributed by atoms with Gasteiger partial charge in [0, 0.05) is 12.1 Å². The number of nitrogens with one attached hydrogen (secondary N) is 1. The van der Waals surface area contributed by atoms with Crippen molar-refractivity contribution in [2.45, 2.75) is 22.2 Å². The zero-order valence-corrected chi connectivity index (χ0v) is 28.6. The first-order chi connectivity index (χ1) is 24.8. The van der Waals surface area contributed by atoms with Gasteiger partial charge in [-0.1, -0.05) is 109 Å². The summed E-state index contributed by atoms with van der Waals surface area (Å²) in [4.78, 5) is 42.3. The first kappa shape index (κ1) is 31.5. The van der Waals surface area contributed by atoms with Gasteiger partial charge in [0.1, 0.15) is 27.3 Å². The summed E-state index contributed by atoms with van der Waals surface area (Å²) < 4.78 is 6.10. The highest BCUT2D eigenvalue weighted by molar-refractivity contribution is 6.36. The molecule has 3 atom stereocenters. The lowest BCUT2D eigenvalue weighted by molar-refractivity contribution is -0.146. The normalized spacial score (nSPS) is 23.4. The van der Waals surface area contributed by atoms with Gasteiger partial charge in [-0.25, -0.2) is 0 Å². The summed E-state index contributed by atoms with van der Waals surface area (Å²) in [5.74, 6) is -2.26. The maximum atomic E-state index is 14.8. The van der Waals surface area contributed by atoms with Gasteiger partial charge in [-0.3, -0.25) is 19.3 Å². The number of hydrogen-bond donors (Lipinski definition) is 1.